The van der Waals surface area contributed by atoms with Crippen LogP contribution in [0.15, 0.2) is 18.3 Å². The van der Waals surface area contributed by atoms with Gasteiger partial charge in [-0.15, -0.1) is 0 Å². The van der Waals surface area contributed by atoms with Crippen molar-refractivity contribution in [3.63, 3.8) is 0 Å². The van der Waals surface area contributed by atoms with Gasteiger partial charge in [-0.2, -0.15) is 0 Å². The Morgan fingerprint density at radius 2 is 1.00 bits per heavy atom. The van der Waals surface area contributed by atoms with Crippen LogP contribution in [0.4, 0.5) is 11.5 Å². The highest BCUT2D eigenvalue weighted by Gasteiger charge is 2.36. The van der Waals surface area contributed by atoms with E-state index in [0.29, 0.717) is 5.91 Å². The minimum atomic E-state index is 0.129. The Morgan fingerprint density at radius 1 is 0.583 bits per heavy atom. The summed E-state index contributed by atoms with van der Waals surface area (Å²) in [4.78, 5) is 37.0. The molecule has 1 aromatic rings. The lowest BCUT2D eigenvalue weighted by Gasteiger charge is -2.39. The van der Waals surface area contributed by atoms with Crippen LogP contribution in [0.3, 0.4) is 0 Å². The molecule has 0 unspecified atom stereocenters. The van der Waals surface area contributed by atoms with Crippen LogP contribution in [-0.4, -0.2) is 28.9 Å². The van der Waals surface area contributed by atoms with E-state index in [2.05, 4.69) is 15.9 Å². The van der Waals surface area contributed by atoms with Gasteiger partial charge in [0.25, 0.3) is 0 Å². The molecule has 2 amide bonds. The molecule has 4 aliphatic carbocycles. The third-order valence-corrected chi connectivity index (χ3v) is 9.52. The largest absolute Gasteiger partial charge is 0.309 e. The number of carbonyl (C=O) groups is 2. The van der Waals surface area contributed by atoms with Gasteiger partial charge in [-0.1, -0.05) is 77.0 Å². The van der Waals surface area contributed by atoms with Crippen molar-refractivity contribution < 1.29 is 9.59 Å². The summed E-state index contributed by atoms with van der Waals surface area (Å²) in [5.74, 6) is 1.67. The first kappa shape index (κ1) is 25.7. The molecule has 0 saturated heterocycles. The first-order valence-electron chi connectivity index (χ1n) is 15.3. The second-order valence-electron chi connectivity index (χ2n) is 12.0. The van der Waals surface area contributed by atoms with Gasteiger partial charge in [0.15, 0.2) is 0 Å². The van der Waals surface area contributed by atoms with Gasteiger partial charge in [-0.25, -0.2) is 4.98 Å². The van der Waals surface area contributed by atoms with Crippen LogP contribution in [0, 0.1) is 11.8 Å². The summed E-state index contributed by atoms with van der Waals surface area (Å²) in [5, 5.41) is 0. The maximum Gasteiger partial charge on any atom is 0.231 e. The highest BCUT2D eigenvalue weighted by atomic mass is 16.2. The molecule has 0 bridgehead atoms. The van der Waals surface area contributed by atoms with Gasteiger partial charge in [0.2, 0.25) is 11.8 Å². The topological polar surface area (TPSA) is 53.5 Å². The SMILES string of the molecule is O=C(C1CCCCC1)N(c1ccnc(N(C(=O)C2CCCCC2)C2CCCCC2)c1)C1CCCCC1. The number of hydrogen-bond acceptors (Lipinski definition) is 3. The van der Waals surface area contributed by atoms with Crippen molar-refractivity contribution in [2.75, 3.05) is 9.80 Å². The number of hydrogen-bond donors (Lipinski definition) is 0. The highest BCUT2D eigenvalue weighted by Crippen LogP contribution is 2.36. The van der Waals surface area contributed by atoms with Gasteiger partial charge in [-0.05, 0) is 57.4 Å². The lowest BCUT2D eigenvalue weighted by atomic mass is 9.86. The zero-order valence-corrected chi connectivity index (χ0v) is 22.3. The van der Waals surface area contributed by atoms with E-state index in [0.717, 1.165) is 75.7 Å². The fourth-order valence-electron chi connectivity index (χ4n) is 7.46. The first-order chi connectivity index (χ1) is 17.7. The monoisotopic (exact) mass is 493 g/mol. The van der Waals surface area contributed by atoms with Crippen LogP contribution in [-0.2, 0) is 9.59 Å². The van der Waals surface area contributed by atoms with Crippen LogP contribution < -0.4 is 9.80 Å². The van der Waals surface area contributed by atoms with Crippen molar-refractivity contribution in [2.24, 2.45) is 11.8 Å². The molecule has 36 heavy (non-hydrogen) atoms. The molecule has 0 atom stereocenters. The van der Waals surface area contributed by atoms with Crippen molar-refractivity contribution in [3.8, 4) is 0 Å². The van der Waals surface area contributed by atoms with E-state index >= 15 is 0 Å². The molecule has 0 spiro atoms. The molecule has 4 saturated carbocycles. The summed E-state index contributed by atoms with van der Waals surface area (Å²) >= 11 is 0. The molecule has 4 fully saturated rings. The summed E-state index contributed by atoms with van der Waals surface area (Å²) in [6, 6.07) is 4.65. The smallest absolute Gasteiger partial charge is 0.231 e. The molecule has 4 aliphatic rings. The van der Waals surface area contributed by atoms with E-state index in [1.807, 2.05) is 12.3 Å². The Morgan fingerprint density at radius 3 is 1.50 bits per heavy atom. The van der Waals surface area contributed by atoms with Crippen LogP contribution in [0.1, 0.15) is 128 Å². The molecule has 198 valence electrons. The molecule has 0 aromatic carbocycles. The zero-order valence-electron chi connectivity index (χ0n) is 22.3. The molecule has 0 aliphatic heterocycles. The Kier molecular flexibility index (Phi) is 8.97. The van der Waals surface area contributed by atoms with Gasteiger partial charge in [0.1, 0.15) is 5.82 Å². The second kappa shape index (κ2) is 12.6. The van der Waals surface area contributed by atoms with Crippen LogP contribution in [0.5, 0.6) is 0 Å². The van der Waals surface area contributed by atoms with E-state index < -0.39 is 0 Å². The molecule has 1 aromatic heterocycles. The zero-order chi connectivity index (χ0) is 24.7. The predicted molar refractivity (Wildman–Crippen MR) is 146 cm³/mol. The van der Waals surface area contributed by atoms with Crippen molar-refractivity contribution in [2.45, 2.75) is 141 Å². The first-order valence-corrected chi connectivity index (χ1v) is 15.3. The molecule has 0 radical (unpaired) electrons. The minimum Gasteiger partial charge on any atom is -0.309 e. The molecule has 5 nitrogen and oxygen atoms in total. The van der Waals surface area contributed by atoms with Crippen molar-refractivity contribution in [3.05, 3.63) is 18.3 Å². The van der Waals surface area contributed by atoms with E-state index in [9.17, 15) is 9.59 Å². The van der Waals surface area contributed by atoms with Gasteiger partial charge in [-0.3, -0.25) is 14.5 Å². The Bertz CT molecular complexity index is 795. The highest BCUT2D eigenvalue weighted by molar-refractivity contribution is 5.98. The number of rotatable bonds is 6. The third-order valence-electron chi connectivity index (χ3n) is 9.52. The number of aromatic nitrogens is 1. The number of amides is 2. The number of carbonyl (C=O) groups excluding carboxylic acids is 2. The van der Waals surface area contributed by atoms with E-state index in [1.165, 1.54) is 64.2 Å². The Labute approximate surface area is 218 Å². The maximum absolute atomic E-state index is 14.0. The number of pyridine rings is 1. The summed E-state index contributed by atoms with van der Waals surface area (Å²) in [6.45, 7) is 0. The summed E-state index contributed by atoms with van der Waals surface area (Å²) in [7, 11) is 0. The standard InChI is InChI=1S/C31H47N3O2/c35-30(24-13-5-1-6-14-24)33(26-17-9-3-10-18-26)28-21-22-32-29(23-28)34(27-19-11-4-12-20-27)31(36)25-15-7-2-8-16-25/h21-27H,1-20H2. The Hall–Kier alpha value is -1.91. The molecular formula is C31H47N3O2. The normalized spacial score (nSPS) is 23.3. The predicted octanol–water partition coefficient (Wildman–Crippen LogP) is 7.57. The maximum atomic E-state index is 14.0. The lowest BCUT2D eigenvalue weighted by molar-refractivity contribution is -0.124. The van der Waals surface area contributed by atoms with Crippen LogP contribution in [0.25, 0.3) is 0 Å². The van der Waals surface area contributed by atoms with Crippen molar-refractivity contribution >= 4 is 23.3 Å². The molecule has 5 heteroatoms. The van der Waals surface area contributed by atoms with Gasteiger partial charge in [0, 0.05) is 41.9 Å². The van der Waals surface area contributed by atoms with E-state index in [-0.39, 0.29) is 29.8 Å². The number of nitrogens with zero attached hydrogens (tertiary/aromatic N) is 3. The summed E-state index contributed by atoms with van der Waals surface area (Å²) in [5.41, 5.74) is 0.972. The summed E-state index contributed by atoms with van der Waals surface area (Å²) < 4.78 is 0. The Balaban J connectivity index is 1.46. The van der Waals surface area contributed by atoms with E-state index in [1.54, 1.807) is 0 Å². The lowest BCUT2D eigenvalue weighted by Crippen LogP contribution is -2.47. The van der Waals surface area contributed by atoms with Crippen LogP contribution >= 0.6 is 0 Å². The molecule has 5 rings (SSSR count). The second-order valence-corrected chi connectivity index (χ2v) is 12.0. The minimum absolute atomic E-state index is 0.129. The quantitative estimate of drug-likeness (QED) is 0.410. The molecule has 1 heterocycles. The fraction of sp³-hybridized carbons (Fsp3) is 0.774. The van der Waals surface area contributed by atoms with Gasteiger partial charge in [0.05, 0.1) is 0 Å². The summed E-state index contributed by atoms with van der Waals surface area (Å²) in [6.07, 6.45) is 24.7. The van der Waals surface area contributed by atoms with Crippen LogP contribution in [0.2, 0.25) is 0 Å². The number of anilines is 2. The van der Waals surface area contributed by atoms with Crippen molar-refractivity contribution in [1.82, 2.24) is 4.98 Å². The average Bonchev–Trinajstić information content (AvgIpc) is 2.96. The van der Waals surface area contributed by atoms with Gasteiger partial charge < -0.3 is 4.90 Å². The fourth-order valence-corrected chi connectivity index (χ4v) is 7.46. The van der Waals surface area contributed by atoms with Gasteiger partial charge >= 0.3 is 0 Å². The molecule has 0 N–H and O–H groups in total. The third kappa shape index (κ3) is 5.97. The molecular weight excluding hydrogens is 446 g/mol. The average molecular weight is 494 g/mol. The van der Waals surface area contributed by atoms with Crippen molar-refractivity contribution in [1.29, 1.82) is 0 Å². The van der Waals surface area contributed by atoms with E-state index in [4.69, 9.17) is 4.98 Å².